The molecule has 102 valence electrons. The molecule has 0 atom stereocenters. The van der Waals surface area contributed by atoms with Crippen LogP contribution < -0.4 is 10.6 Å². The molecule has 1 heterocycles. The van der Waals surface area contributed by atoms with E-state index in [2.05, 4.69) is 15.9 Å². The Morgan fingerprint density at radius 2 is 1.90 bits per heavy atom. The van der Waals surface area contributed by atoms with E-state index in [0.717, 1.165) is 40.8 Å². The van der Waals surface area contributed by atoms with E-state index in [1.54, 1.807) is 0 Å². The van der Waals surface area contributed by atoms with Gasteiger partial charge in [0.05, 0.1) is 0 Å². The molecule has 0 bridgehead atoms. The molecule has 2 aromatic carbocycles. The third kappa shape index (κ3) is 2.43. The van der Waals surface area contributed by atoms with Crippen molar-refractivity contribution >= 4 is 33.2 Å². The first-order valence-corrected chi connectivity index (χ1v) is 7.40. The van der Waals surface area contributed by atoms with Gasteiger partial charge in [0.2, 0.25) is 0 Å². The van der Waals surface area contributed by atoms with Gasteiger partial charge in [-0.3, -0.25) is 4.79 Å². The van der Waals surface area contributed by atoms with Crippen LogP contribution in [0.25, 0.3) is 0 Å². The summed E-state index contributed by atoms with van der Waals surface area (Å²) in [6.07, 6.45) is 1.95. The second kappa shape index (κ2) is 5.29. The Morgan fingerprint density at radius 1 is 1.15 bits per heavy atom. The molecular weight excluding hydrogens is 316 g/mol. The summed E-state index contributed by atoms with van der Waals surface area (Å²) in [5.41, 5.74) is 9.42. The number of nitrogens with two attached hydrogens (primary N) is 1. The molecular formula is C16H15BrN2O. The average Bonchev–Trinajstić information content (AvgIpc) is 2.46. The second-order valence-corrected chi connectivity index (χ2v) is 5.87. The van der Waals surface area contributed by atoms with Crippen LogP contribution in [0, 0.1) is 0 Å². The summed E-state index contributed by atoms with van der Waals surface area (Å²) in [4.78, 5) is 14.5. The van der Waals surface area contributed by atoms with E-state index in [0.29, 0.717) is 5.56 Å². The summed E-state index contributed by atoms with van der Waals surface area (Å²) in [6.45, 7) is 0.756. The zero-order chi connectivity index (χ0) is 14.1. The summed E-state index contributed by atoms with van der Waals surface area (Å²) in [6, 6.07) is 13.2. The Labute approximate surface area is 126 Å². The number of amides is 1. The number of halogens is 1. The predicted octanol–water partition coefficient (Wildman–Crippen LogP) is 3.62. The number of aryl methyl sites for hydroxylation is 1. The quantitative estimate of drug-likeness (QED) is 0.811. The highest BCUT2D eigenvalue weighted by Crippen LogP contribution is 2.30. The highest BCUT2D eigenvalue weighted by atomic mass is 79.9. The maximum absolute atomic E-state index is 12.6. The van der Waals surface area contributed by atoms with Gasteiger partial charge in [0.15, 0.2) is 0 Å². The fraction of sp³-hybridized carbons (Fsp3) is 0.188. The topological polar surface area (TPSA) is 46.3 Å². The summed E-state index contributed by atoms with van der Waals surface area (Å²) in [5.74, 6) is 0.0446. The van der Waals surface area contributed by atoms with Gasteiger partial charge in [-0.15, -0.1) is 0 Å². The molecule has 3 rings (SSSR count). The van der Waals surface area contributed by atoms with Crippen LogP contribution in [-0.4, -0.2) is 12.5 Å². The molecule has 0 fully saturated rings. The fourth-order valence-electron chi connectivity index (χ4n) is 2.58. The lowest BCUT2D eigenvalue weighted by atomic mass is 10.00. The highest BCUT2D eigenvalue weighted by molar-refractivity contribution is 9.10. The lowest BCUT2D eigenvalue weighted by molar-refractivity contribution is 0.0985. The van der Waals surface area contributed by atoms with Crippen LogP contribution in [0.1, 0.15) is 22.3 Å². The smallest absolute Gasteiger partial charge is 0.258 e. The van der Waals surface area contributed by atoms with Crippen molar-refractivity contribution < 1.29 is 4.79 Å². The lowest BCUT2D eigenvalue weighted by Crippen LogP contribution is -2.35. The van der Waals surface area contributed by atoms with Gasteiger partial charge in [0, 0.05) is 28.0 Å². The molecule has 4 heteroatoms. The third-order valence-electron chi connectivity index (χ3n) is 3.56. The highest BCUT2D eigenvalue weighted by Gasteiger charge is 2.23. The standard InChI is InChI=1S/C16H15BrN2O/c17-13-5-3-11(4-6-13)16(20)19-9-1-2-12-10-14(18)7-8-15(12)19/h3-8,10H,1-2,9,18H2. The summed E-state index contributed by atoms with van der Waals surface area (Å²) in [7, 11) is 0. The lowest BCUT2D eigenvalue weighted by Gasteiger charge is -2.29. The Hall–Kier alpha value is -1.81. The SMILES string of the molecule is Nc1ccc2c(c1)CCCN2C(=O)c1ccc(Br)cc1. The first-order chi connectivity index (χ1) is 9.65. The molecule has 1 aliphatic heterocycles. The van der Waals surface area contributed by atoms with E-state index in [4.69, 9.17) is 5.73 Å². The Kier molecular flexibility index (Phi) is 3.49. The minimum atomic E-state index is 0.0446. The van der Waals surface area contributed by atoms with Crippen molar-refractivity contribution in [2.24, 2.45) is 0 Å². The molecule has 1 amide bonds. The summed E-state index contributed by atoms with van der Waals surface area (Å²) in [5, 5.41) is 0. The Balaban J connectivity index is 1.96. The Bertz CT molecular complexity index is 652. The molecule has 1 aliphatic rings. The van der Waals surface area contributed by atoms with Gasteiger partial charge in [-0.05, 0) is 60.9 Å². The maximum atomic E-state index is 12.6. The molecule has 0 aliphatic carbocycles. The minimum Gasteiger partial charge on any atom is -0.399 e. The number of hydrogen-bond acceptors (Lipinski definition) is 2. The minimum absolute atomic E-state index is 0.0446. The molecule has 0 aromatic heterocycles. The first kappa shape index (κ1) is 13.2. The molecule has 0 radical (unpaired) electrons. The van der Waals surface area contributed by atoms with Crippen LogP contribution in [0.5, 0.6) is 0 Å². The Morgan fingerprint density at radius 3 is 2.65 bits per heavy atom. The van der Waals surface area contributed by atoms with Gasteiger partial charge in [-0.2, -0.15) is 0 Å². The van der Waals surface area contributed by atoms with E-state index in [9.17, 15) is 4.79 Å². The van der Waals surface area contributed by atoms with Crippen molar-refractivity contribution in [3.8, 4) is 0 Å². The number of carbonyl (C=O) groups excluding carboxylic acids is 1. The maximum Gasteiger partial charge on any atom is 0.258 e. The monoisotopic (exact) mass is 330 g/mol. The zero-order valence-electron chi connectivity index (χ0n) is 11.0. The number of benzene rings is 2. The summed E-state index contributed by atoms with van der Waals surface area (Å²) >= 11 is 3.39. The van der Waals surface area contributed by atoms with Crippen molar-refractivity contribution in [1.29, 1.82) is 0 Å². The van der Waals surface area contributed by atoms with Gasteiger partial charge >= 0.3 is 0 Å². The summed E-state index contributed by atoms with van der Waals surface area (Å²) < 4.78 is 0.973. The average molecular weight is 331 g/mol. The molecule has 0 saturated carbocycles. The van der Waals surface area contributed by atoms with Crippen molar-refractivity contribution in [3.05, 3.63) is 58.1 Å². The molecule has 3 nitrogen and oxygen atoms in total. The van der Waals surface area contributed by atoms with Crippen molar-refractivity contribution in [1.82, 2.24) is 0 Å². The van der Waals surface area contributed by atoms with Crippen molar-refractivity contribution in [3.63, 3.8) is 0 Å². The zero-order valence-corrected chi connectivity index (χ0v) is 12.6. The number of carbonyl (C=O) groups is 1. The van der Waals surface area contributed by atoms with Crippen molar-refractivity contribution in [2.45, 2.75) is 12.8 Å². The predicted molar refractivity (Wildman–Crippen MR) is 85.0 cm³/mol. The van der Waals surface area contributed by atoms with E-state index < -0.39 is 0 Å². The third-order valence-corrected chi connectivity index (χ3v) is 4.09. The number of rotatable bonds is 1. The van der Waals surface area contributed by atoms with Gasteiger partial charge in [-0.1, -0.05) is 15.9 Å². The van der Waals surface area contributed by atoms with Gasteiger partial charge in [0.1, 0.15) is 0 Å². The number of anilines is 2. The van der Waals surface area contributed by atoms with Crippen LogP contribution in [0.3, 0.4) is 0 Å². The number of fused-ring (bicyclic) bond motifs is 1. The second-order valence-electron chi connectivity index (χ2n) is 4.96. The largest absolute Gasteiger partial charge is 0.399 e. The van der Waals surface area contributed by atoms with E-state index >= 15 is 0 Å². The van der Waals surface area contributed by atoms with Crippen LogP contribution in [-0.2, 0) is 6.42 Å². The van der Waals surface area contributed by atoms with Gasteiger partial charge < -0.3 is 10.6 Å². The number of hydrogen-bond donors (Lipinski definition) is 1. The van der Waals surface area contributed by atoms with Crippen molar-refractivity contribution in [2.75, 3.05) is 17.2 Å². The molecule has 20 heavy (non-hydrogen) atoms. The van der Waals surface area contributed by atoms with Gasteiger partial charge in [0.25, 0.3) is 5.91 Å². The fourth-order valence-corrected chi connectivity index (χ4v) is 2.84. The van der Waals surface area contributed by atoms with E-state index in [1.165, 1.54) is 0 Å². The van der Waals surface area contributed by atoms with E-state index in [1.807, 2.05) is 47.4 Å². The molecule has 2 N–H and O–H groups in total. The number of nitrogens with zero attached hydrogens (tertiary/aromatic N) is 1. The molecule has 2 aromatic rings. The van der Waals surface area contributed by atoms with E-state index in [-0.39, 0.29) is 5.91 Å². The molecule has 0 saturated heterocycles. The molecule has 0 unspecified atom stereocenters. The normalized spacial score (nSPS) is 13.9. The van der Waals surface area contributed by atoms with Crippen LogP contribution >= 0.6 is 15.9 Å². The van der Waals surface area contributed by atoms with Gasteiger partial charge in [-0.25, -0.2) is 0 Å². The van der Waals surface area contributed by atoms with Crippen LogP contribution in [0.15, 0.2) is 46.9 Å². The first-order valence-electron chi connectivity index (χ1n) is 6.61. The van der Waals surface area contributed by atoms with Crippen LogP contribution in [0.2, 0.25) is 0 Å². The number of nitrogen functional groups attached to an aromatic ring is 1. The van der Waals surface area contributed by atoms with Crippen LogP contribution in [0.4, 0.5) is 11.4 Å². The molecule has 0 spiro atoms.